The summed E-state index contributed by atoms with van der Waals surface area (Å²) in [6.45, 7) is 4.84. The summed E-state index contributed by atoms with van der Waals surface area (Å²) in [5, 5.41) is 11.9. The minimum absolute atomic E-state index is 0.220. The first-order valence-corrected chi connectivity index (χ1v) is 6.83. The van der Waals surface area contributed by atoms with Crippen LogP contribution in [0.5, 0.6) is 0 Å². The monoisotopic (exact) mass is 276 g/mol. The van der Waals surface area contributed by atoms with Crippen LogP contribution in [-0.4, -0.2) is 35.1 Å². The summed E-state index contributed by atoms with van der Waals surface area (Å²) in [5.41, 5.74) is 2.92. The van der Waals surface area contributed by atoms with E-state index in [0.717, 1.165) is 23.2 Å². The Balaban J connectivity index is 2.02. The van der Waals surface area contributed by atoms with Gasteiger partial charge in [0, 0.05) is 18.8 Å². The zero-order chi connectivity index (χ0) is 14.7. The first-order chi connectivity index (χ1) is 9.47. The molecule has 0 aliphatic carbocycles. The molecule has 20 heavy (non-hydrogen) atoms. The van der Waals surface area contributed by atoms with Gasteiger partial charge in [-0.3, -0.25) is 4.79 Å². The van der Waals surface area contributed by atoms with E-state index < -0.39 is 11.9 Å². The molecule has 2 N–H and O–H groups in total. The number of urea groups is 1. The van der Waals surface area contributed by atoms with E-state index in [-0.39, 0.29) is 12.6 Å². The average molecular weight is 276 g/mol. The fourth-order valence-electron chi connectivity index (χ4n) is 2.51. The predicted octanol–water partition coefficient (Wildman–Crippen LogP) is 2.63. The lowest BCUT2D eigenvalue weighted by atomic mass is 9.99. The van der Waals surface area contributed by atoms with Crippen LogP contribution in [0.1, 0.15) is 24.0 Å². The predicted molar refractivity (Wildman–Crippen MR) is 76.9 cm³/mol. The average Bonchev–Trinajstić information content (AvgIpc) is 2.42. The Morgan fingerprint density at radius 3 is 2.75 bits per heavy atom. The Kier molecular flexibility index (Phi) is 4.27. The van der Waals surface area contributed by atoms with Gasteiger partial charge in [-0.2, -0.15) is 0 Å². The summed E-state index contributed by atoms with van der Waals surface area (Å²) >= 11 is 0. The summed E-state index contributed by atoms with van der Waals surface area (Å²) in [6.07, 6.45) is 1.37. The van der Waals surface area contributed by atoms with Gasteiger partial charge >= 0.3 is 12.0 Å². The molecule has 5 heteroatoms. The van der Waals surface area contributed by atoms with Crippen LogP contribution in [0.15, 0.2) is 18.2 Å². The molecule has 1 aliphatic rings. The van der Waals surface area contributed by atoms with Crippen LogP contribution in [0, 0.1) is 19.8 Å². The number of carboxylic acids is 1. The van der Waals surface area contributed by atoms with Crippen molar-refractivity contribution in [2.45, 2.75) is 26.7 Å². The van der Waals surface area contributed by atoms with Crippen LogP contribution in [0.3, 0.4) is 0 Å². The number of carboxylic acid groups (broad SMARTS) is 1. The summed E-state index contributed by atoms with van der Waals surface area (Å²) in [7, 11) is 0. The van der Waals surface area contributed by atoms with E-state index in [1.54, 1.807) is 4.90 Å². The van der Waals surface area contributed by atoms with Crippen LogP contribution in [0.4, 0.5) is 10.5 Å². The number of carbonyl (C=O) groups excluding carboxylic acids is 1. The van der Waals surface area contributed by atoms with Crippen molar-refractivity contribution in [2.75, 3.05) is 18.4 Å². The molecule has 2 rings (SSSR count). The molecule has 108 valence electrons. The number of rotatable bonds is 2. The smallest absolute Gasteiger partial charge is 0.321 e. The molecule has 1 aromatic rings. The third-order valence-electron chi connectivity index (χ3n) is 3.68. The van der Waals surface area contributed by atoms with E-state index in [2.05, 4.69) is 5.32 Å². The highest BCUT2D eigenvalue weighted by Crippen LogP contribution is 2.20. The second-order valence-corrected chi connectivity index (χ2v) is 5.37. The van der Waals surface area contributed by atoms with Crippen LogP contribution in [0.2, 0.25) is 0 Å². The molecule has 2 amide bonds. The van der Waals surface area contributed by atoms with Gasteiger partial charge in [-0.15, -0.1) is 0 Å². The Bertz CT molecular complexity index is 528. The summed E-state index contributed by atoms with van der Waals surface area (Å²) in [4.78, 5) is 24.8. The maximum atomic E-state index is 12.2. The van der Waals surface area contributed by atoms with Crippen molar-refractivity contribution in [3.05, 3.63) is 29.3 Å². The molecule has 0 aromatic heterocycles. The second-order valence-electron chi connectivity index (χ2n) is 5.37. The largest absolute Gasteiger partial charge is 0.481 e. The molecule has 1 aromatic carbocycles. The van der Waals surface area contributed by atoms with E-state index in [0.29, 0.717) is 13.0 Å². The SMILES string of the molecule is Cc1ccc(NC(=O)N2CCC[C@H](C(=O)O)C2)c(C)c1. The lowest BCUT2D eigenvalue weighted by Gasteiger charge is -2.30. The Labute approximate surface area is 118 Å². The summed E-state index contributed by atoms with van der Waals surface area (Å²) in [5.74, 6) is -1.28. The topological polar surface area (TPSA) is 69.6 Å². The van der Waals surface area contributed by atoms with Crippen LogP contribution in [-0.2, 0) is 4.79 Å². The number of benzene rings is 1. The molecular weight excluding hydrogens is 256 g/mol. The van der Waals surface area contributed by atoms with Gasteiger partial charge in [0.25, 0.3) is 0 Å². The first kappa shape index (κ1) is 14.4. The van der Waals surface area contributed by atoms with Crippen LogP contribution >= 0.6 is 0 Å². The lowest BCUT2D eigenvalue weighted by Crippen LogP contribution is -2.44. The fourth-order valence-corrected chi connectivity index (χ4v) is 2.51. The lowest BCUT2D eigenvalue weighted by molar-refractivity contribution is -0.143. The Hall–Kier alpha value is -2.04. The van der Waals surface area contributed by atoms with E-state index in [1.807, 2.05) is 32.0 Å². The standard InChI is InChI=1S/C15H20N2O3/c1-10-5-6-13(11(2)8-10)16-15(20)17-7-3-4-12(9-17)14(18)19/h5-6,8,12H,3-4,7,9H2,1-2H3,(H,16,20)(H,18,19)/t12-/m0/s1. The normalized spacial score (nSPS) is 18.7. The minimum Gasteiger partial charge on any atom is -0.481 e. The fraction of sp³-hybridized carbons (Fsp3) is 0.467. The van der Waals surface area contributed by atoms with E-state index >= 15 is 0 Å². The van der Waals surface area contributed by atoms with Crippen LogP contribution < -0.4 is 5.32 Å². The van der Waals surface area contributed by atoms with E-state index in [4.69, 9.17) is 5.11 Å². The molecule has 1 saturated heterocycles. The van der Waals surface area contributed by atoms with Gasteiger partial charge in [0.2, 0.25) is 0 Å². The number of amides is 2. The molecule has 0 spiro atoms. The molecule has 0 unspecified atom stereocenters. The van der Waals surface area contributed by atoms with Crippen molar-refractivity contribution >= 4 is 17.7 Å². The molecule has 0 bridgehead atoms. The zero-order valence-electron chi connectivity index (χ0n) is 11.8. The number of hydrogen-bond acceptors (Lipinski definition) is 2. The highest BCUT2D eigenvalue weighted by molar-refractivity contribution is 5.90. The van der Waals surface area contributed by atoms with Crippen molar-refractivity contribution in [1.29, 1.82) is 0 Å². The molecule has 0 saturated carbocycles. The first-order valence-electron chi connectivity index (χ1n) is 6.83. The van der Waals surface area contributed by atoms with Gasteiger partial charge in [-0.1, -0.05) is 17.7 Å². The highest BCUT2D eigenvalue weighted by Gasteiger charge is 2.28. The third kappa shape index (κ3) is 3.29. The van der Waals surface area contributed by atoms with E-state index in [1.165, 1.54) is 0 Å². The number of aryl methyl sites for hydroxylation is 2. The Morgan fingerprint density at radius 1 is 1.35 bits per heavy atom. The molecule has 1 fully saturated rings. The van der Waals surface area contributed by atoms with Gasteiger partial charge in [0.05, 0.1) is 5.92 Å². The number of nitrogens with zero attached hydrogens (tertiary/aromatic N) is 1. The van der Waals surface area contributed by atoms with Crippen molar-refractivity contribution in [3.8, 4) is 0 Å². The van der Waals surface area contributed by atoms with Crippen molar-refractivity contribution < 1.29 is 14.7 Å². The maximum Gasteiger partial charge on any atom is 0.321 e. The number of likely N-dealkylation sites (tertiary alicyclic amines) is 1. The molecule has 1 atom stereocenters. The van der Waals surface area contributed by atoms with Crippen molar-refractivity contribution in [2.24, 2.45) is 5.92 Å². The van der Waals surface area contributed by atoms with Gasteiger partial charge in [-0.25, -0.2) is 4.79 Å². The van der Waals surface area contributed by atoms with Crippen molar-refractivity contribution in [1.82, 2.24) is 4.90 Å². The minimum atomic E-state index is -0.825. The highest BCUT2D eigenvalue weighted by atomic mass is 16.4. The van der Waals surface area contributed by atoms with Gasteiger partial charge in [0.1, 0.15) is 0 Å². The zero-order valence-corrected chi connectivity index (χ0v) is 11.8. The van der Waals surface area contributed by atoms with Gasteiger partial charge in [0.15, 0.2) is 0 Å². The Morgan fingerprint density at radius 2 is 2.10 bits per heavy atom. The number of hydrogen-bond donors (Lipinski definition) is 2. The van der Waals surface area contributed by atoms with Gasteiger partial charge in [-0.05, 0) is 38.3 Å². The number of carbonyl (C=O) groups is 2. The van der Waals surface area contributed by atoms with E-state index in [9.17, 15) is 9.59 Å². The van der Waals surface area contributed by atoms with Gasteiger partial charge < -0.3 is 15.3 Å². The van der Waals surface area contributed by atoms with Crippen molar-refractivity contribution in [3.63, 3.8) is 0 Å². The number of aliphatic carboxylic acids is 1. The second kappa shape index (κ2) is 5.94. The molecule has 1 aliphatic heterocycles. The number of nitrogens with one attached hydrogen (secondary N) is 1. The molecule has 0 radical (unpaired) electrons. The number of piperidine rings is 1. The summed E-state index contributed by atoms with van der Waals surface area (Å²) in [6, 6.07) is 5.61. The third-order valence-corrected chi connectivity index (χ3v) is 3.68. The maximum absolute atomic E-state index is 12.2. The molecule has 1 heterocycles. The molecular formula is C15H20N2O3. The van der Waals surface area contributed by atoms with Crippen LogP contribution in [0.25, 0.3) is 0 Å². The number of anilines is 1. The summed E-state index contributed by atoms with van der Waals surface area (Å²) < 4.78 is 0. The quantitative estimate of drug-likeness (QED) is 0.872. The molecule has 5 nitrogen and oxygen atoms in total.